The summed E-state index contributed by atoms with van der Waals surface area (Å²) in [6.07, 6.45) is 1.18. The quantitative estimate of drug-likeness (QED) is 0.169. The predicted molar refractivity (Wildman–Crippen MR) is 224 cm³/mol. The first kappa shape index (κ1) is 31.5. The van der Waals surface area contributed by atoms with Crippen molar-refractivity contribution in [2.24, 2.45) is 0 Å². The molecule has 0 fully saturated rings. The molecule has 252 valence electrons. The van der Waals surface area contributed by atoms with Crippen LogP contribution in [0.5, 0.6) is 0 Å². The van der Waals surface area contributed by atoms with Crippen molar-refractivity contribution in [1.29, 1.82) is 10.5 Å². The Morgan fingerprint density at radius 1 is 0.463 bits per heavy atom. The number of nitrogens with zero attached hydrogens (tertiary/aromatic N) is 3. The van der Waals surface area contributed by atoms with E-state index in [1.54, 1.807) is 0 Å². The molecule has 0 aliphatic heterocycles. The van der Waals surface area contributed by atoms with Crippen LogP contribution in [0.3, 0.4) is 0 Å². The summed E-state index contributed by atoms with van der Waals surface area (Å²) in [4.78, 5) is 0. The predicted octanol–water partition coefficient (Wildman–Crippen LogP) is 12.9. The lowest BCUT2D eigenvalue weighted by molar-refractivity contribution is 0.956. The van der Waals surface area contributed by atoms with Crippen LogP contribution in [0.4, 0.5) is 0 Å². The number of para-hydroxylation sites is 1. The monoisotopic (exact) mass is 687 g/mol. The Morgan fingerprint density at radius 3 is 1.67 bits per heavy atom. The van der Waals surface area contributed by atoms with Crippen molar-refractivity contribution in [2.75, 3.05) is 0 Å². The van der Waals surface area contributed by atoms with Gasteiger partial charge in [0.25, 0.3) is 0 Å². The number of aromatic nitrogens is 1. The summed E-state index contributed by atoms with van der Waals surface area (Å²) in [7, 11) is 0. The molecule has 54 heavy (non-hydrogen) atoms. The van der Waals surface area contributed by atoms with Crippen molar-refractivity contribution in [3.05, 3.63) is 186 Å². The highest BCUT2D eigenvalue weighted by Gasteiger charge is 2.24. The molecule has 0 aliphatic rings. The van der Waals surface area contributed by atoms with Gasteiger partial charge in [-0.2, -0.15) is 10.5 Å². The van der Waals surface area contributed by atoms with E-state index < -0.39 is 0 Å². The molecule has 10 rings (SSSR count). The van der Waals surface area contributed by atoms with Gasteiger partial charge in [0.15, 0.2) is 0 Å². The van der Waals surface area contributed by atoms with E-state index in [1.165, 1.54) is 65.3 Å². The van der Waals surface area contributed by atoms with Gasteiger partial charge in [0.05, 0.1) is 33.9 Å². The van der Waals surface area contributed by atoms with E-state index in [2.05, 4.69) is 169 Å². The Bertz CT molecular complexity index is 3260. The Balaban J connectivity index is 1.24. The molecule has 1 heterocycles. The van der Waals surface area contributed by atoms with Gasteiger partial charge in [0.2, 0.25) is 0 Å². The Morgan fingerprint density at radius 2 is 0.981 bits per heavy atom. The summed E-state index contributed by atoms with van der Waals surface area (Å²) in [5.74, 6) is 0. The highest BCUT2D eigenvalue weighted by Crippen LogP contribution is 2.44. The highest BCUT2D eigenvalue weighted by atomic mass is 15.0. The first-order valence-corrected chi connectivity index (χ1v) is 18.4. The Labute approximate surface area is 313 Å². The van der Waals surface area contributed by atoms with Gasteiger partial charge in [-0.1, -0.05) is 140 Å². The maximum Gasteiger partial charge on any atom is 0.102 e. The first-order valence-electron chi connectivity index (χ1n) is 18.4. The molecule has 0 bridgehead atoms. The van der Waals surface area contributed by atoms with Crippen LogP contribution in [0, 0.1) is 29.6 Å². The molecule has 0 aliphatic carbocycles. The molecule has 0 saturated carbocycles. The molecule has 10 aromatic rings. The molecule has 9 aromatic carbocycles. The second-order valence-electron chi connectivity index (χ2n) is 14.1. The fourth-order valence-electron chi connectivity index (χ4n) is 9.07. The van der Waals surface area contributed by atoms with Crippen LogP contribution < -0.4 is 0 Å². The Kier molecular flexibility index (Phi) is 7.29. The lowest BCUT2D eigenvalue weighted by Gasteiger charge is -2.20. The molecule has 0 spiro atoms. The summed E-state index contributed by atoms with van der Waals surface area (Å²) in [5, 5.41) is 33.5. The molecule has 0 unspecified atom stereocenters. The number of fused-ring (bicyclic) bond motifs is 11. The van der Waals surface area contributed by atoms with E-state index >= 15 is 0 Å². The maximum atomic E-state index is 11.2. The van der Waals surface area contributed by atoms with Gasteiger partial charge in [0, 0.05) is 16.2 Å². The molecule has 0 radical (unpaired) electrons. The molecule has 0 amide bonds. The highest BCUT2D eigenvalue weighted by molar-refractivity contribution is 6.32. The van der Waals surface area contributed by atoms with Crippen molar-refractivity contribution in [2.45, 2.75) is 19.8 Å². The largest absolute Gasteiger partial charge is 0.307 e. The van der Waals surface area contributed by atoms with Crippen molar-refractivity contribution in [3.63, 3.8) is 0 Å². The minimum Gasteiger partial charge on any atom is -0.307 e. The smallest absolute Gasteiger partial charge is 0.102 e. The summed E-state index contributed by atoms with van der Waals surface area (Å²) in [5.41, 5.74) is 9.61. The number of benzene rings is 9. The van der Waals surface area contributed by atoms with Gasteiger partial charge in [0.1, 0.15) is 6.07 Å². The fraction of sp³-hybridized carbons (Fsp3) is 0.0588. The fourth-order valence-corrected chi connectivity index (χ4v) is 9.07. The Hall–Kier alpha value is -7.20. The van der Waals surface area contributed by atoms with Gasteiger partial charge in [-0.25, -0.2) is 0 Å². The van der Waals surface area contributed by atoms with E-state index in [0.717, 1.165) is 33.1 Å². The second-order valence-corrected chi connectivity index (χ2v) is 14.1. The molecule has 0 atom stereocenters. The number of aryl methyl sites for hydroxylation is 2. The van der Waals surface area contributed by atoms with Crippen LogP contribution in [0.1, 0.15) is 27.8 Å². The van der Waals surface area contributed by atoms with Gasteiger partial charge in [-0.05, 0) is 103 Å². The number of rotatable bonds is 5. The molecular formula is C51H33N3. The van der Waals surface area contributed by atoms with Crippen molar-refractivity contribution >= 4 is 64.9 Å². The topological polar surface area (TPSA) is 52.5 Å². The number of nitriles is 2. The summed E-state index contributed by atoms with van der Waals surface area (Å²) in [6, 6.07) is 60.5. The van der Waals surface area contributed by atoms with E-state index in [9.17, 15) is 10.5 Å². The van der Waals surface area contributed by atoms with Crippen LogP contribution in [0.2, 0.25) is 0 Å². The standard InChI is InChI=1S/C51H33N3/c1-32-14-2-3-15-34(32)49-41-21-9-6-17-37(41)36-16-4-5-18-38(36)43(49)28-27-35-33(30-52)26-29-48(46(35)31-53)54-47-25-13-12-24-45(47)50-42-22-10-7-19-39(42)40-20-8-11-23-44(40)51(50)54/h2-26,29H,27-28H2,1H3. The van der Waals surface area contributed by atoms with Gasteiger partial charge in [-0.3, -0.25) is 0 Å². The van der Waals surface area contributed by atoms with Gasteiger partial charge >= 0.3 is 0 Å². The average molecular weight is 688 g/mol. The van der Waals surface area contributed by atoms with Crippen LogP contribution in [0.25, 0.3) is 81.7 Å². The number of hydrogen-bond donors (Lipinski definition) is 0. The SMILES string of the molecule is Cc1ccccc1-c1c(CCc2c(C#N)ccc(-n3c4ccccc4c4c5ccccc5c5ccccc5c43)c2C#N)c2ccccc2c2ccccc12. The summed E-state index contributed by atoms with van der Waals surface area (Å²) >= 11 is 0. The van der Waals surface area contributed by atoms with E-state index in [4.69, 9.17) is 0 Å². The third-order valence-electron chi connectivity index (χ3n) is 11.4. The maximum absolute atomic E-state index is 11.2. The zero-order valence-electron chi connectivity index (χ0n) is 29.8. The van der Waals surface area contributed by atoms with E-state index in [-0.39, 0.29) is 0 Å². The van der Waals surface area contributed by atoms with E-state index in [0.29, 0.717) is 24.0 Å². The lowest BCUT2D eigenvalue weighted by atomic mass is 9.83. The first-order chi connectivity index (χ1) is 26.7. The molecule has 3 heteroatoms. The lowest BCUT2D eigenvalue weighted by Crippen LogP contribution is -2.06. The zero-order chi connectivity index (χ0) is 36.3. The van der Waals surface area contributed by atoms with Crippen molar-refractivity contribution < 1.29 is 0 Å². The normalized spacial score (nSPS) is 11.5. The third-order valence-corrected chi connectivity index (χ3v) is 11.4. The minimum absolute atomic E-state index is 0.529. The molecule has 0 N–H and O–H groups in total. The molecule has 0 saturated heterocycles. The zero-order valence-corrected chi connectivity index (χ0v) is 29.8. The van der Waals surface area contributed by atoms with Crippen LogP contribution >= 0.6 is 0 Å². The summed E-state index contributed by atoms with van der Waals surface area (Å²) in [6.45, 7) is 2.17. The summed E-state index contributed by atoms with van der Waals surface area (Å²) < 4.78 is 2.27. The minimum atomic E-state index is 0.529. The molecular weight excluding hydrogens is 655 g/mol. The van der Waals surface area contributed by atoms with Crippen molar-refractivity contribution in [3.8, 4) is 29.0 Å². The second kappa shape index (κ2) is 12.5. The van der Waals surface area contributed by atoms with Crippen LogP contribution in [-0.4, -0.2) is 4.57 Å². The third kappa shape index (κ3) is 4.59. The van der Waals surface area contributed by atoms with Gasteiger partial charge in [-0.15, -0.1) is 0 Å². The molecule has 3 nitrogen and oxygen atoms in total. The van der Waals surface area contributed by atoms with Gasteiger partial charge < -0.3 is 4.57 Å². The van der Waals surface area contributed by atoms with Crippen molar-refractivity contribution in [1.82, 2.24) is 4.57 Å². The van der Waals surface area contributed by atoms with E-state index in [1.807, 2.05) is 12.1 Å². The number of hydrogen-bond acceptors (Lipinski definition) is 2. The average Bonchev–Trinajstić information content (AvgIpc) is 3.58. The van der Waals surface area contributed by atoms with Crippen LogP contribution in [-0.2, 0) is 12.8 Å². The van der Waals surface area contributed by atoms with Crippen LogP contribution in [0.15, 0.2) is 158 Å². The molecule has 1 aromatic heterocycles.